The Labute approximate surface area is 118 Å². The Morgan fingerprint density at radius 2 is 1.58 bits per heavy atom. The predicted octanol–water partition coefficient (Wildman–Crippen LogP) is 5.29. The fourth-order valence-corrected chi connectivity index (χ4v) is 2.95. The van der Waals surface area contributed by atoms with Crippen molar-refractivity contribution in [1.82, 2.24) is 0 Å². The molecule has 1 aliphatic carbocycles. The van der Waals surface area contributed by atoms with Gasteiger partial charge in [-0.25, -0.2) is 0 Å². The maximum Gasteiger partial charge on any atom is 0.129 e. The summed E-state index contributed by atoms with van der Waals surface area (Å²) in [6.45, 7) is 6.94. The number of allylic oxidation sites excluding steroid dienone is 2. The van der Waals surface area contributed by atoms with E-state index in [4.69, 9.17) is 0 Å². The first-order valence-electron chi connectivity index (χ1n) is 7.37. The van der Waals surface area contributed by atoms with E-state index in [1.165, 1.54) is 43.2 Å². The second-order valence-electron chi connectivity index (χ2n) is 6.41. The molecule has 0 aromatic heterocycles. The summed E-state index contributed by atoms with van der Waals surface area (Å²) in [6.07, 6.45) is 6.53. The first-order chi connectivity index (χ1) is 9.06. The van der Waals surface area contributed by atoms with Gasteiger partial charge in [0, 0.05) is 5.57 Å². The maximum absolute atomic E-state index is 3.55. The van der Waals surface area contributed by atoms with Crippen LogP contribution in [-0.4, -0.2) is 8.07 Å². The van der Waals surface area contributed by atoms with Crippen LogP contribution < -0.4 is 0 Å². The minimum Gasteiger partial charge on any atom is -0.127 e. The van der Waals surface area contributed by atoms with Gasteiger partial charge in [-0.15, -0.1) is 5.54 Å². The molecule has 0 heterocycles. The second-order valence-corrected chi connectivity index (χ2v) is 11.2. The van der Waals surface area contributed by atoms with Gasteiger partial charge >= 0.3 is 0 Å². The summed E-state index contributed by atoms with van der Waals surface area (Å²) in [7, 11) is -1.31. The number of hydrogen-bond donors (Lipinski definition) is 0. The molecule has 0 atom stereocenters. The number of benzene rings is 1. The summed E-state index contributed by atoms with van der Waals surface area (Å²) in [5, 5.41) is 0. The average Bonchev–Trinajstić information content (AvgIpc) is 2.40. The van der Waals surface area contributed by atoms with Crippen LogP contribution in [0.4, 0.5) is 0 Å². The van der Waals surface area contributed by atoms with Crippen molar-refractivity contribution in [3.8, 4) is 11.5 Å². The molecule has 0 spiro atoms. The van der Waals surface area contributed by atoms with Gasteiger partial charge in [0.1, 0.15) is 8.07 Å². The summed E-state index contributed by atoms with van der Waals surface area (Å²) >= 11 is 0. The lowest BCUT2D eigenvalue weighted by Gasteiger charge is -2.17. The van der Waals surface area contributed by atoms with E-state index >= 15 is 0 Å². The normalized spacial score (nSPS) is 15.6. The molecule has 0 N–H and O–H groups in total. The highest BCUT2D eigenvalue weighted by atomic mass is 28.3. The smallest absolute Gasteiger partial charge is 0.127 e. The lowest BCUT2D eigenvalue weighted by atomic mass is 9.88. The highest BCUT2D eigenvalue weighted by Crippen LogP contribution is 2.30. The van der Waals surface area contributed by atoms with Gasteiger partial charge in [-0.1, -0.05) is 67.9 Å². The quantitative estimate of drug-likeness (QED) is 0.480. The van der Waals surface area contributed by atoms with Crippen LogP contribution in [0.5, 0.6) is 0 Å². The van der Waals surface area contributed by atoms with Gasteiger partial charge in [0.25, 0.3) is 0 Å². The Morgan fingerprint density at radius 1 is 0.947 bits per heavy atom. The molecule has 19 heavy (non-hydrogen) atoms. The van der Waals surface area contributed by atoms with Crippen LogP contribution in [0.25, 0.3) is 5.57 Å². The molecule has 100 valence electrons. The van der Waals surface area contributed by atoms with Crippen LogP contribution in [0.15, 0.2) is 35.9 Å². The van der Waals surface area contributed by atoms with Crippen molar-refractivity contribution in [1.29, 1.82) is 0 Å². The van der Waals surface area contributed by atoms with E-state index in [1.807, 2.05) is 0 Å². The molecule has 0 saturated heterocycles. The largest absolute Gasteiger partial charge is 0.129 e. The zero-order valence-corrected chi connectivity index (χ0v) is 13.4. The van der Waals surface area contributed by atoms with Crippen LogP contribution in [0.1, 0.15) is 37.7 Å². The topological polar surface area (TPSA) is 0 Å². The van der Waals surface area contributed by atoms with Crippen molar-refractivity contribution in [3.63, 3.8) is 0 Å². The van der Waals surface area contributed by atoms with E-state index < -0.39 is 8.07 Å². The van der Waals surface area contributed by atoms with Crippen molar-refractivity contribution >= 4 is 13.6 Å². The summed E-state index contributed by atoms with van der Waals surface area (Å²) < 4.78 is 0. The molecular formula is C18H24Si. The molecule has 0 nitrogen and oxygen atoms in total. The Balaban J connectivity index is 2.41. The van der Waals surface area contributed by atoms with E-state index in [0.29, 0.717) is 0 Å². The molecule has 1 aromatic carbocycles. The van der Waals surface area contributed by atoms with Gasteiger partial charge in [0.15, 0.2) is 0 Å². The summed E-state index contributed by atoms with van der Waals surface area (Å²) in [5.74, 6) is 3.54. The maximum atomic E-state index is 3.55. The Hall–Kier alpha value is -1.26. The van der Waals surface area contributed by atoms with Gasteiger partial charge in [-0.05, 0) is 31.2 Å². The van der Waals surface area contributed by atoms with Crippen LogP contribution in [0, 0.1) is 11.5 Å². The van der Waals surface area contributed by atoms with Crippen LogP contribution in [0.2, 0.25) is 19.6 Å². The Kier molecular flexibility index (Phi) is 4.66. The number of hydrogen-bond acceptors (Lipinski definition) is 0. The molecule has 1 aliphatic rings. The molecule has 0 aliphatic heterocycles. The zero-order valence-electron chi connectivity index (χ0n) is 12.4. The average molecular weight is 268 g/mol. The molecule has 0 radical (unpaired) electrons. The number of rotatable bonds is 1. The minimum absolute atomic E-state index is 1.24. The van der Waals surface area contributed by atoms with Gasteiger partial charge < -0.3 is 0 Å². The highest BCUT2D eigenvalue weighted by molar-refractivity contribution is 6.84. The monoisotopic (exact) mass is 268 g/mol. The first-order valence-corrected chi connectivity index (χ1v) is 10.9. The molecule has 1 heteroatoms. The SMILES string of the molecule is C[Si](C)(C)C#CC(=C1CCCCC1)c1ccccc1. The van der Waals surface area contributed by atoms with Crippen molar-refractivity contribution in [3.05, 3.63) is 41.5 Å². The molecule has 1 saturated carbocycles. The third kappa shape index (κ3) is 4.40. The molecule has 2 rings (SSSR count). The van der Waals surface area contributed by atoms with Gasteiger partial charge in [0.2, 0.25) is 0 Å². The summed E-state index contributed by atoms with van der Waals surface area (Å²) in [4.78, 5) is 0. The molecular weight excluding hydrogens is 244 g/mol. The first kappa shape index (κ1) is 14.2. The Morgan fingerprint density at radius 3 is 2.16 bits per heavy atom. The molecule has 0 unspecified atom stereocenters. The third-order valence-electron chi connectivity index (χ3n) is 3.44. The van der Waals surface area contributed by atoms with E-state index in [1.54, 1.807) is 5.57 Å². The fraction of sp³-hybridized carbons (Fsp3) is 0.444. The van der Waals surface area contributed by atoms with Crippen LogP contribution in [-0.2, 0) is 0 Å². The highest BCUT2D eigenvalue weighted by Gasteiger charge is 2.13. The lowest BCUT2D eigenvalue weighted by Crippen LogP contribution is -2.16. The van der Waals surface area contributed by atoms with Crippen molar-refractivity contribution < 1.29 is 0 Å². The van der Waals surface area contributed by atoms with Gasteiger partial charge in [0.05, 0.1) is 0 Å². The van der Waals surface area contributed by atoms with Gasteiger partial charge in [-0.2, -0.15) is 0 Å². The zero-order chi connectivity index (χ0) is 13.7. The molecule has 0 amide bonds. The van der Waals surface area contributed by atoms with E-state index in [0.717, 1.165) is 0 Å². The fourth-order valence-electron chi connectivity index (χ4n) is 2.45. The van der Waals surface area contributed by atoms with Crippen LogP contribution in [0.3, 0.4) is 0 Å². The van der Waals surface area contributed by atoms with Crippen LogP contribution >= 0.6 is 0 Å². The lowest BCUT2D eigenvalue weighted by molar-refractivity contribution is 0.601. The van der Waals surface area contributed by atoms with Crippen molar-refractivity contribution in [2.45, 2.75) is 51.7 Å². The molecule has 1 fully saturated rings. The summed E-state index contributed by atoms with van der Waals surface area (Å²) in [6, 6.07) is 10.7. The van der Waals surface area contributed by atoms with E-state index in [9.17, 15) is 0 Å². The minimum atomic E-state index is -1.31. The standard InChI is InChI=1S/C18H24Si/c1-19(2,3)15-14-18(16-10-6-4-7-11-16)17-12-8-5-9-13-17/h4,6-7,10-11H,5,8-9,12-13H2,1-3H3. The van der Waals surface area contributed by atoms with Crippen molar-refractivity contribution in [2.24, 2.45) is 0 Å². The van der Waals surface area contributed by atoms with Crippen molar-refractivity contribution in [2.75, 3.05) is 0 Å². The molecule has 1 aromatic rings. The van der Waals surface area contributed by atoms with Gasteiger partial charge in [-0.3, -0.25) is 0 Å². The molecule has 0 bridgehead atoms. The third-order valence-corrected chi connectivity index (χ3v) is 4.31. The predicted molar refractivity (Wildman–Crippen MR) is 87.6 cm³/mol. The van der Waals surface area contributed by atoms with E-state index in [-0.39, 0.29) is 0 Å². The summed E-state index contributed by atoms with van der Waals surface area (Å²) in [5.41, 5.74) is 7.77. The Bertz CT molecular complexity index is 498. The van der Waals surface area contributed by atoms with E-state index in [2.05, 4.69) is 61.4 Å². The second kappa shape index (κ2) is 6.26.